The molecule has 0 spiro atoms. The Morgan fingerprint density at radius 2 is 0.974 bits per heavy atom. The van der Waals surface area contributed by atoms with Gasteiger partial charge in [0.1, 0.15) is 23.1 Å². The van der Waals surface area contributed by atoms with Crippen LogP contribution in [0, 0.1) is 11.6 Å². The van der Waals surface area contributed by atoms with Crippen LogP contribution in [0.15, 0.2) is 84.9 Å². The third kappa shape index (κ3) is 6.73. The molecule has 0 atom stereocenters. The molecule has 38 heavy (non-hydrogen) atoms. The van der Waals surface area contributed by atoms with Crippen LogP contribution in [0.3, 0.4) is 0 Å². The summed E-state index contributed by atoms with van der Waals surface area (Å²) < 4.78 is 37.2. The SMILES string of the molecule is COc1cc(-c2ccc(NC(=O)Cc3ccc(F)cc3)c(OC)c2)ccc1NC(=O)Cc1ccc(F)cc1. The predicted molar refractivity (Wildman–Crippen MR) is 142 cm³/mol. The van der Waals surface area contributed by atoms with Gasteiger partial charge in [-0.15, -0.1) is 0 Å². The first-order valence-corrected chi connectivity index (χ1v) is 11.8. The van der Waals surface area contributed by atoms with E-state index < -0.39 is 0 Å². The van der Waals surface area contributed by atoms with Crippen LogP contribution in [-0.2, 0) is 22.4 Å². The molecule has 4 aromatic carbocycles. The second-order valence-corrected chi connectivity index (χ2v) is 8.53. The molecule has 0 saturated heterocycles. The molecule has 8 heteroatoms. The highest BCUT2D eigenvalue weighted by atomic mass is 19.1. The van der Waals surface area contributed by atoms with E-state index in [0.29, 0.717) is 34.0 Å². The summed E-state index contributed by atoms with van der Waals surface area (Å²) in [5, 5.41) is 5.66. The summed E-state index contributed by atoms with van der Waals surface area (Å²) in [6, 6.07) is 22.2. The van der Waals surface area contributed by atoms with Crippen molar-refractivity contribution in [1.29, 1.82) is 0 Å². The number of carbonyl (C=O) groups excluding carboxylic acids is 2. The molecule has 0 heterocycles. The highest BCUT2D eigenvalue weighted by Gasteiger charge is 2.13. The van der Waals surface area contributed by atoms with Gasteiger partial charge in [0.15, 0.2) is 0 Å². The lowest BCUT2D eigenvalue weighted by atomic mass is 10.0. The quantitative estimate of drug-likeness (QED) is 0.286. The standard InChI is InChI=1S/C30H26F2N2O4/c1-37-27-17-21(7-13-25(27)33-29(35)15-19-3-9-23(31)10-4-19)22-8-14-26(28(18-22)38-2)34-30(36)16-20-5-11-24(32)12-6-20/h3-14,17-18H,15-16H2,1-2H3,(H,33,35)(H,34,36). The largest absolute Gasteiger partial charge is 0.495 e. The average molecular weight is 517 g/mol. The Morgan fingerprint density at radius 3 is 1.32 bits per heavy atom. The molecule has 4 aromatic rings. The topological polar surface area (TPSA) is 76.7 Å². The second kappa shape index (κ2) is 12.0. The molecule has 0 bridgehead atoms. The van der Waals surface area contributed by atoms with E-state index >= 15 is 0 Å². The number of carbonyl (C=O) groups is 2. The third-order valence-electron chi connectivity index (χ3n) is 5.84. The minimum Gasteiger partial charge on any atom is -0.495 e. The van der Waals surface area contributed by atoms with E-state index in [1.807, 2.05) is 12.1 Å². The van der Waals surface area contributed by atoms with E-state index in [1.165, 1.54) is 38.5 Å². The van der Waals surface area contributed by atoms with Crippen molar-refractivity contribution in [2.24, 2.45) is 0 Å². The summed E-state index contributed by atoms with van der Waals surface area (Å²) in [5.41, 5.74) is 4.00. The number of anilines is 2. The first-order chi connectivity index (χ1) is 18.3. The molecule has 4 rings (SSSR count). The molecule has 194 valence electrons. The zero-order valence-electron chi connectivity index (χ0n) is 20.9. The number of nitrogens with one attached hydrogen (secondary N) is 2. The fourth-order valence-electron chi connectivity index (χ4n) is 3.91. The van der Waals surface area contributed by atoms with E-state index in [0.717, 1.165) is 11.1 Å². The molecule has 0 aliphatic heterocycles. The summed E-state index contributed by atoms with van der Waals surface area (Å²) in [5.74, 6) is -0.307. The normalized spacial score (nSPS) is 10.5. The van der Waals surface area contributed by atoms with Gasteiger partial charge in [-0.1, -0.05) is 36.4 Å². The van der Waals surface area contributed by atoms with E-state index in [2.05, 4.69) is 10.6 Å². The van der Waals surface area contributed by atoms with Gasteiger partial charge in [-0.3, -0.25) is 9.59 Å². The molecular weight excluding hydrogens is 490 g/mol. The Hall–Kier alpha value is -4.72. The van der Waals surface area contributed by atoms with Gasteiger partial charge in [0, 0.05) is 0 Å². The number of hydrogen-bond acceptors (Lipinski definition) is 4. The molecule has 0 saturated carbocycles. The maximum atomic E-state index is 13.1. The summed E-state index contributed by atoms with van der Waals surface area (Å²) in [6.45, 7) is 0. The molecule has 2 amide bonds. The van der Waals surface area contributed by atoms with Crippen molar-refractivity contribution in [1.82, 2.24) is 0 Å². The number of benzene rings is 4. The van der Waals surface area contributed by atoms with Gasteiger partial charge in [-0.25, -0.2) is 8.78 Å². The van der Waals surface area contributed by atoms with Crippen LogP contribution in [0.25, 0.3) is 11.1 Å². The maximum Gasteiger partial charge on any atom is 0.228 e. The summed E-state index contributed by atoms with van der Waals surface area (Å²) >= 11 is 0. The van der Waals surface area contributed by atoms with Crippen molar-refractivity contribution >= 4 is 23.2 Å². The lowest BCUT2D eigenvalue weighted by Crippen LogP contribution is -2.15. The van der Waals surface area contributed by atoms with Gasteiger partial charge in [0.2, 0.25) is 11.8 Å². The lowest BCUT2D eigenvalue weighted by molar-refractivity contribution is -0.116. The Morgan fingerprint density at radius 1 is 0.605 bits per heavy atom. The highest BCUT2D eigenvalue weighted by Crippen LogP contribution is 2.35. The van der Waals surface area contributed by atoms with Crippen molar-refractivity contribution in [2.45, 2.75) is 12.8 Å². The molecule has 0 aliphatic rings. The summed E-state index contributed by atoms with van der Waals surface area (Å²) in [7, 11) is 3.02. The van der Waals surface area contributed by atoms with Gasteiger partial charge in [0.05, 0.1) is 38.4 Å². The van der Waals surface area contributed by atoms with Gasteiger partial charge in [-0.05, 0) is 70.8 Å². The number of halogens is 2. The molecule has 2 N–H and O–H groups in total. The number of rotatable bonds is 9. The smallest absolute Gasteiger partial charge is 0.228 e. The van der Waals surface area contributed by atoms with E-state index in [9.17, 15) is 18.4 Å². The molecule has 0 aliphatic carbocycles. The fraction of sp³-hybridized carbons (Fsp3) is 0.133. The van der Waals surface area contributed by atoms with Crippen LogP contribution in [0.2, 0.25) is 0 Å². The zero-order valence-corrected chi connectivity index (χ0v) is 20.9. The molecule has 0 aromatic heterocycles. The minimum atomic E-state index is -0.358. The van der Waals surface area contributed by atoms with Crippen LogP contribution in [0.4, 0.5) is 20.2 Å². The van der Waals surface area contributed by atoms with Crippen LogP contribution < -0.4 is 20.1 Å². The Kier molecular flexibility index (Phi) is 8.33. The molecule has 0 radical (unpaired) electrons. The van der Waals surface area contributed by atoms with Crippen molar-refractivity contribution < 1.29 is 27.8 Å². The van der Waals surface area contributed by atoms with Crippen molar-refractivity contribution in [2.75, 3.05) is 24.9 Å². The van der Waals surface area contributed by atoms with E-state index in [4.69, 9.17) is 9.47 Å². The number of amides is 2. The number of hydrogen-bond donors (Lipinski definition) is 2. The third-order valence-corrected chi connectivity index (χ3v) is 5.84. The molecule has 0 unspecified atom stereocenters. The van der Waals surface area contributed by atoms with Crippen LogP contribution in [-0.4, -0.2) is 26.0 Å². The van der Waals surface area contributed by atoms with E-state index in [-0.39, 0.29) is 36.3 Å². The number of ether oxygens (including phenoxy) is 2. The van der Waals surface area contributed by atoms with E-state index in [1.54, 1.807) is 48.5 Å². The minimum absolute atomic E-state index is 0.0940. The van der Waals surface area contributed by atoms with Crippen molar-refractivity contribution in [3.8, 4) is 22.6 Å². The van der Waals surface area contributed by atoms with Crippen LogP contribution in [0.1, 0.15) is 11.1 Å². The number of methoxy groups -OCH3 is 2. The van der Waals surface area contributed by atoms with Gasteiger partial charge in [-0.2, -0.15) is 0 Å². The Labute approximate surface area is 219 Å². The summed E-state index contributed by atoms with van der Waals surface area (Å²) in [4.78, 5) is 25.0. The van der Waals surface area contributed by atoms with Crippen LogP contribution >= 0.6 is 0 Å². The summed E-state index contributed by atoms with van der Waals surface area (Å²) in [6.07, 6.45) is 0.188. The molecule has 0 fully saturated rings. The predicted octanol–water partition coefficient (Wildman–Crippen LogP) is 6.01. The monoisotopic (exact) mass is 516 g/mol. The van der Waals surface area contributed by atoms with Gasteiger partial charge >= 0.3 is 0 Å². The molecular formula is C30H26F2N2O4. The van der Waals surface area contributed by atoms with Crippen molar-refractivity contribution in [3.05, 3.63) is 108 Å². The first-order valence-electron chi connectivity index (χ1n) is 11.8. The Bertz CT molecular complexity index is 1330. The van der Waals surface area contributed by atoms with Gasteiger partial charge in [0.25, 0.3) is 0 Å². The zero-order chi connectivity index (χ0) is 27.1. The maximum absolute atomic E-state index is 13.1. The Balaban J connectivity index is 1.46. The highest BCUT2D eigenvalue weighted by molar-refractivity contribution is 5.95. The average Bonchev–Trinajstić information content (AvgIpc) is 2.91. The molecule has 6 nitrogen and oxygen atoms in total. The van der Waals surface area contributed by atoms with Gasteiger partial charge < -0.3 is 20.1 Å². The first kappa shape index (κ1) is 26.3. The van der Waals surface area contributed by atoms with Crippen molar-refractivity contribution in [3.63, 3.8) is 0 Å². The second-order valence-electron chi connectivity index (χ2n) is 8.53. The van der Waals surface area contributed by atoms with Crippen LogP contribution in [0.5, 0.6) is 11.5 Å². The lowest BCUT2D eigenvalue weighted by Gasteiger charge is -2.15. The fourth-order valence-corrected chi connectivity index (χ4v) is 3.91.